The summed E-state index contributed by atoms with van der Waals surface area (Å²) in [6.45, 7) is 4.92. The maximum atomic E-state index is 12.7. The molecule has 0 aliphatic heterocycles. The topological polar surface area (TPSA) is 59.9 Å². The highest BCUT2D eigenvalue weighted by Gasteiger charge is 2.15. The summed E-state index contributed by atoms with van der Waals surface area (Å²) in [6, 6.07) is 13.8. The van der Waals surface area contributed by atoms with Crippen molar-refractivity contribution in [2.24, 2.45) is 0 Å². The van der Waals surface area contributed by atoms with Crippen LogP contribution in [0.3, 0.4) is 0 Å². The number of ether oxygens (including phenoxy) is 1. The Labute approximate surface area is 164 Å². The van der Waals surface area contributed by atoms with Crippen molar-refractivity contribution < 1.29 is 4.74 Å². The van der Waals surface area contributed by atoms with Gasteiger partial charge in [0, 0.05) is 5.39 Å². The predicted octanol–water partition coefficient (Wildman–Crippen LogP) is 5.13. The van der Waals surface area contributed by atoms with Gasteiger partial charge in [-0.05, 0) is 43.2 Å². The number of aromatic nitrogens is 3. The summed E-state index contributed by atoms with van der Waals surface area (Å²) in [7, 11) is 0. The molecule has 0 saturated heterocycles. The lowest BCUT2D eigenvalue weighted by molar-refractivity contribution is 0.308. The molecule has 0 aliphatic rings. The molecule has 5 nitrogen and oxygen atoms in total. The highest BCUT2D eigenvalue weighted by Crippen LogP contribution is 2.31. The van der Waals surface area contributed by atoms with Crippen molar-refractivity contribution in [3.63, 3.8) is 0 Å². The fourth-order valence-electron chi connectivity index (χ4n) is 3.64. The first kappa shape index (κ1) is 18.3. The van der Waals surface area contributed by atoms with Crippen molar-refractivity contribution in [3.05, 3.63) is 64.7 Å². The van der Waals surface area contributed by atoms with E-state index in [1.165, 1.54) is 19.3 Å². The third kappa shape index (κ3) is 3.40. The van der Waals surface area contributed by atoms with E-state index in [2.05, 4.69) is 23.0 Å². The lowest BCUT2D eigenvalue weighted by atomic mass is 10.1. The number of nitrogens with zero attached hydrogens (tertiary/aromatic N) is 2. The van der Waals surface area contributed by atoms with Crippen LogP contribution < -0.4 is 10.4 Å². The van der Waals surface area contributed by atoms with E-state index < -0.39 is 0 Å². The number of para-hydroxylation sites is 1. The maximum Gasteiger partial charge on any atom is 0.331 e. The van der Waals surface area contributed by atoms with Crippen LogP contribution in [0.1, 0.15) is 38.2 Å². The van der Waals surface area contributed by atoms with Crippen molar-refractivity contribution in [3.8, 4) is 11.4 Å². The van der Waals surface area contributed by atoms with Crippen molar-refractivity contribution in [1.82, 2.24) is 14.5 Å². The molecule has 0 aliphatic carbocycles. The first-order valence-electron chi connectivity index (χ1n) is 9.91. The summed E-state index contributed by atoms with van der Waals surface area (Å²) < 4.78 is 7.80. The average Bonchev–Trinajstić information content (AvgIpc) is 3.04. The number of benzene rings is 2. The number of hydrogen-bond donors (Lipinski definition) is 1. The Morgan fingerprint density at radius 1 is 1.11 bits per heavy atom. The second-order valence-electron chi connectivity index (χ2n) is 7.19. The largest absolute Gasteiger partial charge is 0.491 e. The fraction of sp³-hybridized carbons (Fsp3) is 0.304. The van der Waals surface area contributed by atoms with Gasteiger partial charge in [0.05, 0.1) is 29.5 Å². The number of rotatable bonds is 7. The van der Waals surface area contributed by atoms with Gasteiger partial charge >= 0.3 is 5.69 Å². The first-order valence-corrected chi connectivity index (χ1v) is 9.91. The Bertz CT molecular complexity index is 1160. The van der Waals surface area contributed by atoms with Gasteiger partial charge in [-0.1, -0.05) is 44.4 Å². The molecule has 0 saturated carbocycles. The second kappa shape index (κ2) is 7.89. The molecule has 4 rings (SSSR count). The van der Waals surface area contributed by atoms with E-state index in [0.29, 0.717) is 6.61 Å². The molecule has 0 radical (unpaired) electrons. The minimum atomic E-state index is -0.168. The van der Waals surface area contributed by atoms with Gasteiger partial charge in [0.1, 0.15) is 11.3 Å². The summed E-state index contributed by atoms with van der Waals surface area (Å²) >= 11 is 0. The van der Waals surface area contributed by atoms with Crippen LogP contribution in [0.2, 0.25) is 0 Å². The van der Waals surface area contributed by atoms with Crippen LogP contribution in [0.5, 0.6) is 5.75 Å². The molecule has 28 heavy (non-hydrogen) atoms. The van der Waals surface area contributed by atoms with Crippen molar-refractivity contribution >= 4 is 21.9 Å². The quantitative estimate of drug-likeness (QED) is 0.455. The number of nitrogens with one attached hydrogen (secondary N) is 1. The molecule has 1 N–H and O–H groups in total. The second-order valence-corrected chi connectivity index (χ2v) is 7.19. The van der Waals surface area contributed by atoms with Gasteiger partial charge in [-0.2, -0.15) is 0 Å². The van der Waals surface area contributed by atoms with E-state index in [1.54, 1.807) is 10.8 Å². The third-order valence-electron chi connectivity index (χ3n) is 4.99. The van der Waals surface area contributed by atoms with E-state index in [0.717, 1.165) is 45.4 Å². The number of fused-ring (bicyclic) bond motifs is 3. The molecule has 0 fully saturated rings. The van der Waals surface area contributed by atoms with Crippen LogP contribution >= 0.6 is 0 Å². The summed E-state index contributed by atoms with van der Waals surface area (Å²) in [5.74, 6) is 0.779. The average molecular weight is 375 g/mol. The molecule has 2 aromatic heterocycles. The summed E-state index contributed by atoms with van der Waals surface area (Å²) in [5.41, 5.74) is 4.09. The molecular weight excluding hydrogens is 350 g/mol. The Kier molecular flexibility index (Phi) is 5.15. The number of aryl methyl sites for hydroxylation is 1. The van der Waals surface area contributed by atoms with Crippen LogP contribution in [0.4, 0.5) is 0 Å². The summed E-state index contributed by atoms with van der Waals surface area (Å²) in [5, 5.41) is 0.920. The van der Waals surface area contributed by atoms with Crippen LogP contribution in [0.25, 0.3) is 27.6 Å². The zero-order valence-corrected chi connectivity index (χ0v) is 16.4. The molecule has 0 spiro atoms. The fourth-order valence-corrected chi connectivity index (χ4v) is 3.64. The van der Waals surface area contributed by atoms with Gasteiger partial charge in [0.25, 0.3) is 0 Å². The monoisotopic (exact) mass is 375 g/mol. The Morgan fingerprint density at radius 2 is 1.93 bits per heavy atom. The van der Waals surface area contributed by atoms with Gasteiger partial charge in [0.15, 0.2) is 0 Å². The highest BCUT2D eigenvalue weighted by atomic mass is 16.5. The van der Waals surface area contributed by atoms with Gasteiger partial charge in [-0.15, -0.1) is 0 Å². The minimum Gasteiger partial charge on any atom is -0.491 e. The number of imidazole rings is 1. The van der Waals surface area contributed by atoms with Crippen molar-refractivity contribution in [2.75, 3.05) is 6.61 Å². The lowest BCUT2D eigenvalue weighted by Crippen LogP contribution is -2.14. The molecule has 0 bridgehead atoms. The van der Waals surface area contributed by atoms with Crippen LogP contribution in [-0.4, -0.2) is 21.1 Å². The van der Waals surface area contributed by atoms with Gasteiger partial charge in [-0.25, -0.2) is 4.79 Å². The third-order valence-corrected chi connectivity index (χ3v) is 4.99. The number of hydrogen-bond acceptors (Lipinski definition) is 3. The van der Waals surface area contributed by atoms with Crippen LogP contribution in [0, 0.1) is 6.92 Å². The zero-order chi connectivity index (χ0) is 19.5. The van der Waals surface area contributed by atoms with Gasteiger partial charge in [0.2, 0.25) is 0 Å². The van der Waals surface area contributed by atoms with Crippen LogP contribution in [0.15, 0.2) is 53.5 Å². The molecular formula is C23H25N3O2. The van der Waals surface area contributed by atoms with Gasteiger partial charge in [-0.3, -0.25) is 9.55 Å². The lowest BCUT2D eigenvalue weighted by Gasteiger charge is -2.12. The number of unbranched alkanes of at least 4 members (excludes halogenated alkanes) is 3. The van der Waals surface area contributed by atoms with E-state index in [4.69, 9.17) is 4.74 Å². The first-order chi connectivity index (χ1) is 13.7. The summed E-state index contributed by atoms with van der Waals surface area (Å²) in [4.78, 5) is 20.2. The molecule has 2 heterocycles. The molecule has 0 amide bonds. The maximum absolute atomic E-state index is 12.7. The summed E-state index contributed by atoms with van der Waals surface area (Å²) in [6.07, 6.45) is 6.35. The highest BCUT2D eigenvalue weighted by molar-refractivity contribution is 6.05. The molecule has 4 aromatic rings. The van der Waals surface area contributed by atoms with E-state index in [-0.39, 0.29) is 5.69 Å². The number of aromatic amines is 1. The van der Waals surface area contributed by atoms with Crippen molar-refractivity contribution in [2.45, 2.75) is 39.5 Å². The predicted molar refractivity (Wildman–Crippen MR) is 114 cm³/mol. The van der Waals surface area contributed by atoms with Crippen molar-refractivity contribution in [1.29, 1.82) is 0 Å². The van der Waals surface area contributed by atoms with Gasteiger partial charge < -0.3 is 9.72 Å². The number of H-pyrrole nitrogens is 1. The molecule has 2 aromatic carbocycles. The molecule has 5 heteroatoms. The molecule has 0 unspecified atom stereocenters. The smallest absolute Gasteiger partial charge is 0.331 e. The Morgan fingerprint density at radius 3 is 2.71 bits per heavy atom. The zero-order valence-electron chi connectivity index (χ0n) is 16.4. The standard InChI is InChI=1S/C23H25N3O2/c1-3-4-5-9-12-28-20-14-16(2)13-18-21(20)24-15-19-22(18)26(23(27)25-19)17-10-7-6-8-11-17/h6-8,10-11,13-15H,3-5,9,12H2,1-2H3,(H,25,27). The van der Waals surface area contributed by atoms with E-state index >= 15 is 0 Å². The Hall–Kier alpha value is -3.08. The van der Waals surface area contributed by atoms with E-state index in [1.807, 2.05) is 43.3 Å². The molecule has 0 atom stereocenters. The van der Waals surface area contributed by atoms with Crippen LogP contribution in [-0.2, 0) is 0 Å². The normalized spacial score (nSPS) is 11.4. The van der Waals surface area contributed by atoms with E-state index in [9.17, 15) is 4.79 Å². The SMILES string of the molecule is CCCCCCOc1cc(C)cc2c1ncc1[nH]c(=O)n(-c3ccccc3)c12. The number of pyridine rings is 1. The minimum absolute atomic E-state index is 0.168. The Balaban J connectivity index is 1.85. The molecule has 144 valence electrons.